The molecule has 2 aromatic rings. The summed E-state index contributed by atoms with van der Waals surface area (Å²) in [6.45, 7) is 5.79. The lowest BCUT2D eigenvalue weighted by Gasteiger charge is -2.12. The van der Waals surface area contributed by atoms with E-state index >= 15 is 0 Å². The molecule has 7 nitrogen and oxygen atoms in total. The fraction of sp³-hybridized carbons (Fsp3) is 0.190. The van der Waals surface area contributed by atoms with Crippen LogP contribution in [0.2, 0.25) is 5.02 Å². The summed E-state index contributed by atoms with van der Waals surface area (Å²) < 4.78 is 11.5. The molecule has 0 radical (unpaired) electrons. The SMILES string of the molecule is C=CCOc1c(Br)cc(C=NNC(=O)CC(=O)Nc2ccc(C)c(Cl)c2)cc1OC. The van der Waals surface area contributed by atoms with Crippen LogP contribution in [-0.2, 0) is 9.59 Å². The van der Waals surface area contributed by atoms with Gasteiger partial charge in [-0.05, 0) is 58.2 Å². The third-order valence-corrected chi connectivity index (χ3v) is 4.77. The van der Waals surface area contributed by atoms with Gasteiger partial charge in [0.1, 0.15) is 13.0 Å². The van der Waals surface area contributed by atoms with Crippen LogP contribution < -0.4 is 20.2 Å². The Bertz CT molecular complexity index is 979. The van der Waals surface area contributed by atoms with Gasteiger partial charge in [-0.15, -0.1) is 0 Å². The summed E-state index contributed by atoms with van der Waals surface area (Å²) in [6, 6.07) is 8.57. The topological polar surface area (TPSA) is 89.0 Å². The summed E-state index contributed by atoms with van der Waals surface area (Å²) in [5, 5.41) is 7.02. The quantitative estimate of drug-likeness (QED) is 0.233. The number of nitrogens with one attached hydrogen (secondary N) is 2. The second-order valence-corrected chi connectivity index (χ2v) is 7.38. The van der Waals surface area contributed by atoms with Crippen molar-refractivity contribution in [1.82, 2.24) is 5.43 Å². The highest BCUT2D eigenvalue weighted by Crippen LogP contribution is 2.36. The average molecular weight is 495 g/mol. The Morgan fingerprint density at radius 1 is 1.27 bits per heavy atom. The van der Waals surface area contributed by atoms with E-state index in [0.717, 1.165) is 5.56 Å². The van der Waals surface area contributed by atoms with Crippen LogP contribution >= 0.6 is 27.5 Å². The maximum atomic E-state index is 12.0. The van der Waals surface area contributed by atoms with E-state index < -0.39 is 11.8 Å². The standard InChI is InChI=1S/C21H21BrClN3O4/c1-4-7-30-21-16(22)8-14(9-18(21)29-3)12-24-26-20(28)11-19(27)25-15-6-5-13(2)17(23)10-15/h4-6,8-10,12H,1,7,11H2,2-3H3,(H,25,27)(H,26,28). The van der Waals surface area contributed by atoms with Gasteiger partial charge in [-0.3, -0.25) is 9.59 Å². The Balaban J connectivity index is 1.93. The number of nitrogens with zero attached hydrogens (tertiary/aromatic N) is 1. The lowest BCUT2D eigenvalue weighted by Crippen LogP contribution is -2.24. The Morgan fingerprint density at radius 2 is 2.03 bits per heavy atom. The molecule has 0 atom stereocenters. The lowest BCUT2D eigenvalue weighted by molar-refractivity contribution is -0.126. The predicted octanol–water partition coefficient (Wildman–Crippen LogP) is 4.46. The number of aryl methyl sites for hydroxylation is 1. The molecule has 2 amide bonds. The van der Waals surface area contributed by atoms with E-state index in [1.165, 1.54) is 13.3 Å². The molecule has 0 unspecified atom stereocenters. The lowest BCUT2D eigenvalue weighted by atomic mass is 10.2. The summed E-state index contributed by atoms with van der Waals surface area (Å²) in [5.74, 6) is -0.00344. The predicted molar refractivity (Wildman–Crippen MR) is 122 cm³/mol. The van der Waals surface area contributed by atoms with Gasteiger partial charge < -0.3 is 14.8 Å². The highest BCUT2D eigenvalue weighted by Gasteiger charge is 2.12. The van der Waals surface area contributed by atoms with Crippen molar-refractivity contribution < 1.29 is 19.1 Å². The highest BCUT2D eigenvalue weighted by atomic mass is 79.9. The van der Waals surface area contributed by atoms with Gasteiger partial charge in [-0.2, -0.15) is 5.10 Å². The minimum absolute atomic E-state index is 0.329. The highest BCUT2D eigenvalue weighted by molar-refractivity contribution is 9.10. The molecule has 0 spiro atoms. The van der Waals surface area contributed by atoms with Gasteiger partial charge in [0.15, 0.2) is 11.5 Å². The van der Waals surface area contributed by atoms with Crippen LogP contribution in [0.25, 0.3) is 0 Å². The van der Waals surface area contributed by atoms with Crippen LogP contribution in [0.3, 0.4) is 0 Å². The van der Waals surface area contributed by atoms with E-state index in [0.29, 0.717) is 38.9 Å². The number of benzene rings is 2. The smallest absolute Gasteiger partial charge is 0.249 e. The largest absolute Gasteiger partial charge is 0.493 e. The Labute approximate surface area is 188 Å². The van der Waals surface area contributed by atoms with Gasteiger partial charge >= 0.3 is 0 Å². The van der Waals surface area contributed by atoms with E-state index in [1.54, 1.807) is 36.4 Å². The van der Waals surface area contributed by atoms with Crippen LogP contribution in [-0.4, -0.2) is 31.7 Å². The average Bonchev–Trinajstić information content (AvgIpc) is 2.69. The maximum Gasteiger partial charge on any atom is 0.249 e. The second-order valence-electron chi connectivity index (χ2n) is 6.12. The fourth-order valence-corrected chi connectivity index (χ4v) is 3.09. The van der Waals surface area contributed by atoms with Crippen LogP contribution in [0.5, 0.6) is 11.5 Å². The third kappa shape index (κ3) is 6.89. The molecular weight excluding hydrogens is 474 g/mol. The molecule has 0 aromatic heterocycles. The summed E-state index contributed by atoms with van der Waals surface area (Å²) in [6.07, 6.45) is 2.67. The molecule has 2 rings (SSSR count). The van der Waals surface area contributed by atoms with Crippen molar-refractivity contribution in [2.45, 2.75) is 13.3 Å². The maximum absolute atomic E-state index is 12.0. The monoisotopic (exact) mass is 493 g/mol. The molecule has 2 aromatic carbocycles. The van der Waals surface area contributed by atoms with Crippen LogP contribution in [0.1, 0.15) is 17.5 Å². The first-order valence-corrected chi connectivity index (χ1v) is 10.00. The molecule has 0 heterocycles. The van der Waals surface area contributed by atoms with E-state index in [-0.39, 0.29) is 6.42 Å². The van der Waals surface area contributed by atoms with Crippen molar-refractivity contribution in [1.29, 1.82) is 0 Å². The summed E-state index contributed by atoms with van der Waals surface area (Å²) >= 11 is 9.44. The summed E-state index contributed by atoms with van der Waals surface area (Å²) in [5.41, 5.74) is 4.38. The van der Waals surface area contributed by atoms with Gasteiger partial charge in [0.25, 0.3) is 0 Å². The number of hydrogen-bond acceptors (Lipinski definition) is 5. The Morgan fingerprint density at radius 3 is 2.70 bits per heavy atom. The normalized spacial score (nSPS) is 10.5. The van der Waals surface area contributed by atoms with Crippen molar-refractivity contribution in [3.8, 4) is 11.5 Å². The first kappa shape index (κ1) is 23.4. The van der Waals surface area contributed by atoms with Crippen molar-refractivity contribution in [3.63, 3.8) is 0 Å². The first-order chi connectivity index (χ1) is 14.3. The molecule has 0 aliphatic rings. The van der Waals surface area contributed by atoms with Gasteiger partial charge in [-0.1, -0.05) is 30.3 Å². The number of carbonyl (C=O) groups is 2. The van der Waals surface area contributed by atoms with Crippen molar-refractivity contribution in [2.75, 3.05) is 19.0 Å². The minimum Gasteiger partial charge on any atom is -0.493 e. The Kier molecular flexibility index (Phi) is 8.89. The molecule has 2 N–H and O–H groups in total. The molecular formula is C21H21BrClN3O4. The van der Waals surface area contributed by atoms with Crippen molar-refractivity contribution >= 4 is 51.2 Å². The molecule has 0 bridgehead atoms. The first-order valence-electron chi connectivity index (χ1n) is 8.83. The van der Waals surface area contributed by atoms with E-state index in [9.17, 15) is 9.59 Å². The van der Waals surface area contributed by atoms with E-state index in [4.69, 9.17) is 21.1 Å². The molecule has 158 valence electrons. The number of methoxy groups -OCH3 is 1. The minimum atomic E-state index is -0.557. The molecule has 9 heteroatoms. The molecule has 30 heavy (non-hydrogen) atoms. The molecule has 0 saturated heterocycles. The Hall–Kier alpha value is -2.84. The number of anilines is 1. The number of hydrogen-bond donors (Lipinski definition) is 2. The summed E-state index contributed by atoms with van der Waals surface area (Å²) in [7, 11) is 1.52. The fourth-order valence-electron chi connectivity index (χ4n) is 2.34. The van der Waals surface area contributed by atoms with Crippen molar-refractivity contribution in [2.24, 2.45) is 5.10 Å². The van der Waals surface area contributed by atoms with Crippen LogP contribution in [0, 0.1) is 6.92 Å². The molecule has 0 saturated carbocycles. The van der Waals surface area contributed by atoms with Gasteiger partial charge in [0, 0.05) is 10.7 Å². The third-order valence-electron chi connectivity index (χ3n) is 3.78. The number of carbonyl (C=O) groups excluding carboxylic acids is 2. The molecule has 0 fully saturated rings. The number of ether oxygens (including phenoxy) is 2. The van der Waals surface area contributed by atoms with Crippen molar-refractivity contribution in [3.05, 3.63) is 63.6 Å². The molecule has 0 aliphatic carbocycles. The van der Waals surface area contributed by atoms with Gasteiger partial charge in [0.2, 0.25) is 11.8 Å². The molecule has 0 aliphatic heterocycles. The number of hydrazone groups is 1. The van der Waals surface area contributed by atoms with E-state index in [1.807, 2.05) is 6.92 Å². The van der Waals surface area contributed by atoms with Crippen LogP contribution in [0.4, 0.5) is 5.69 Å². The van der Waals surface area contributed by atoms with Gasteiger partial charge in [-0.25, -0.2) is 5.43 Å². The van der Waals surface area contributed by atoms with Gasteiger partial charge in [0.05, 0.1) is 17.8 Å². The van der Waals surface area contributed by atoms with E-state index in [2.05, 4.69) is 38.4 Å². The van der Waals surface area contributed by atoms with Crippen LogP contribution in [0.15, 0.2) is 52.6 Å². The second kappa shape index (κ2) is 11.4. The number of halogens is 2. The zero-order valence-electron chi connectivity index (χ0n) is 16.5. The summed E-state index contributed by atoms with van der Waals surface area (Å²) in [4.78, 5) is 23.9. The number of rotatable bonds is 9. The zero-order chi connectivity index (χ0) is 22.1. The number of amides is 2. The zero-order valence-corrected chi connectivity index (χ0v) is 18.8.